The maximum atomic E-state index is 13.4. The summed E-state index contributed by atoms with van der Waals surface area (Å²) in [4.78, 5) is 46.0. The molecule has 2 atom stereocenters. The molecule has 0 aliphatic carbocycles. The minimum Gasteiger partial charge on any atom is -0.475 e. The van der Waals surface area contributed by atoms with Crippen molar-refractivity contribution in [2.75, 3.05) is 48.5 Å². The first-order chi connectivity index (χ1) is 16.8. The van der Waals surface area contributed by atoms with Gasteiger partial charge in [0.05, 0.1) is 31.6 Å². The molecule has 2 fully saturated rings. The number of amides is 2. The first kappa shape index (κ1) is 23.2. The number of methoxy groups -OCH3 is 1. The topological polar surface area (TPSA) is 141 Å². The molecule has 2 bridgehead atoms. The standard InChI is InChI=1S/C22H27N7O6/c1-22(2)34-12-14(35-22)11-33-16-6-7-23-20(25-16)27-21(31)29-13-5-4-8-28(10-13)15-9-24-17(19(30)32-3)26-18(15)29/h6-7,9,13-14H,4-5,8,10-12H2,1-3H3,(H,23,25,27,31)/t13-,14-/m0/s1. The van der Waals surface area contributed by atoms with E-state index >= 15 is 0 Å². The zero-order chi connectivity index (χ0) is 24.6. The molecule has 13 nitrogen and oxygen atoms in total. The van der Waals surface area contributed by atoms with E-state index in [-0.39, 0.29) is 30.5 Å². The van der Waals surface area contributed by atoms with Gasteiger partial charge in [0.2, 0.25) is 17.7 Å². The Morgan fingerprint density at radius 2 is 2.14 bits per heavy atom. The first-order valence-electron chi connectivity index (χ1n) is 11.4. The molecule has 3 aliphatic heterocycles. The van der Waals surface area contributed by atoms with Gasteiger partial charge in [0, 0.05) is 25.4 Å². The average Bonchev–Trinajstić information content (AvgIpc) is 3.21. The maximum absolute atomic E-state index is 13.4. The molecule has 0 spiro atoms. The number of urea groups is 1. The second-order valence-electron chi connectivity index (χ2n) is 8.92. The minimum absolute atomic E-state index is 0.0819. The van der Waals surface area contributed by atoms with E-state index < -0.39 is 17.8 Å². The third-order valence-electron chi connectivity index (χ3n) is 6.00. The fourth-order valence-electron chi connectivity index (χ4n) is 4.44. The average molecular weight is 486 g/mol. The third-order valence-corrected chi connectivity index (χ3v) is 6.00. The van der Waals surface area contributed by atoms with Gasteiger partial charge in [0.15, 0.2) is 11.6 Å². The van der Waals surface area contributed by atoms with Crippen LogP contribution in [0.15, 0.2) is 18.5 Å². The van der Waals surface area contributed by atoms with Crippen molar-refractivity contribution >= 4 is 29.5 Å². The Kier molecular flexibility index (Phi) is 6.11. The fraction of sp³-hybridized carbons (Fsp3) is 0.545. The summed E-state index contributed by atoms with van der Waals surface area (Å²) >= 11 is 0. The highest BCUT2D eigenvalue weighted by atomic mass is 16.7. The van der Waals surface area contributed by atoms with Gasteiger partial charge < -0.3 is 23.8 Å². The Labute approximate surface area is 201 Å². The van der Waals surface area contributed by atoms with Crippen LogP contribution in [0, 0.1) is 0 Å². The van der Waals surface area contributed by atoms with Crippen molar-refractivity contribution in [3.05, 3.63) is 24.3 Å². The summed E-state index contributed by atoms with van der Waals surface area (Å²) in [6, 6.07) is 1.01. The largest absolute Gasteiger partial charge is 0.475 e. The Hall–Kier alpha value is -3.58. The lowest BCUT2D eigenvalue weighted by atomic mass is 10.0. The lowest BCUT2D eigenvalue weighted by Crippen LogP contribution is -2.56. The van der Waals surface area contributed by atoms with Crippen molar-refractivity contribution in [3.8, 4) is 5.88 Å². The monoisotopic (exact) mass is 485 g/mol. The molecule has 3 aliphatic rings. The smallest absolute Gasteiger partial charge is 0.376 e. The number of carbonyl (C=O) groups is 2. The van der Waals surface area contributed by atoms with Crippen LogP contribution in [0.4, 0.5) is 22.2 Å². The normalized spacial score (nSPS) is 22.4. The fourth-order valence-corrected chi connectivity index (χ4v) is 4.44. The van der Waals surface area contributed by atoms with E-state index in [0.717, 1.165) is 19.4 Å². The highest BCUT2D eigenvalue weighted by Crippen LogP contribution is 2.37. The van der Waals surface area contributed by atoms with Crippen molar-refractivity contribution in [1.82, 2.24) is 19.9 Å². The zero-order valence-electron chi connectivity index (χ0n) is 19.8. The molecule has 1 N–H and O–H groups in total. The number of aromatic nitrogens is 4. The molecule has 5 rings (SSSR count). The number of nitrogens with zero attached hydrogens (tertiary/aromatic N) is 6. The van der Waals surface area contributed by atoms with Crippen molar-refractivity contribution in [3.63, 3.8) is 0 Å². The molecule has 13 heteroatoms. The van der Waals surface area contributed by atoms with Crippen molar-refractivity contribution < 1.29 is 28.5 Å². The van der Waals surface area contributed by atoms with E-state index in [2.05, 4.69) is 30.2 Å². The first-order valence-corrected chi connectivity index (χ1v) is 11.4. The summed E-state index contributed by atoms with van der Waals surface area (Å²) in [5.74, 6) is -0.706. The van der Waals surface area contributed by atoms with Crippen LogP contribution in [0.3, 0.4) is 0 Å². The molecule has 5 heterocycles. The summed E-state index contributed by atoms with van der Waals surface area (Å²) in [6.07, 6.45) is 4.54. The van der Waals surface area contributed by atoms with Gasteiger partial charge in [-0.2, -0.15) is 4.98 Å². The number of fused-ring (bicyclic) bond motifs is 4. The van der Waals surface area contributed by atoms with E-state index in [0.29, 0.717) is 30.5 Å². The van der Waals surface area contributed by atoms with Gasteiger partial charge >= 0.3 is 12.0 Å². The van der Waals surface area contributed by atoms with Crippen LogP contribution in [0.2, 0.25) is 0 Å². The summed E-state index contributed by atoms with van der Waals surface area (Å²) in [6.45, 7) is 5.83. The van der Waals surface area contributed by atoms with Crippen LogP contribution >= 0.6 is 0 Å². The molecule has 0 unspecified atom stereocenters. The molecule has 0 radical (unpaired) electrons. The van der Waals surface area contributed by atoms with Gasteiger partial charge in [0.25, 0.3) is 0 Å². The molecule has 2 aromatic rings. The van der Waals surface area contributed by atoms with Crippen LogP contribution < -0.4 is 19.9 Å². The van der Waals surface area contributed by atoms with E-state index in [4.69, 9.17) is 18.9 Å². The number of esters is 1. The number of ether oxygens (including phenoxy) is 4. The lowest BCUT2D eigenvalue weighted by Gasteiger charge is -2.45. The van der Waals surface area contributed by atoms with Gasteiger partial charge in [-0.15, -0.1) is 0 Å². The van der Waals surface area contributed by atoms with Crippen molar-refractivity contribution in [1.29, 1.82) is 0 Å². The molecule has 2 aromatic heterocycles. The van der Waals surface area contributed by atoms with Gasteiger partial charge in [-0.05, 0) is 26.7 Å². The van der Waals surface area contributed by atoms with Crippen LogP contribution in [0.1, 0.15) is 37.3 Å². The molecule has 186 valence electrons. The van der Waals surface area contributed by atoms with Crippen LogP contribution in [0.5, 0.6) is 5.88 Å². The number of piperidine rings is 1. The highest BCUT2D eigenvalue weighted by molar-refractivity contribution is 6.03. The Morgan fingerprint density at radius 1 is 1.29 bits per heavy atom. The number of anilines is 3. The third kappa shape index (κ3) is 4.82. The van der Waals surface area contributed by atoms with Gasteiger partial charge in [-0.1, -0.05) is 0 Å². The number of hydrogen-bond acceptors (Lipinski definition) is 11. The molecule has 0 aromatic carbocycles. The second kappa shape index (κ2) is 9.23. The zero-order valence-corrected chi connectivity index (χ0v) is 19.8. The number of nitrogens with one attached hydrogen (secondary N) is 1. The van der Waals surface area contributed by atoms with Crippen LogP contribution in [-0.4, -0.2) is 83.3 Å². The highest BCUT2D eigenvalue weighted by Gasteiger charge is 2.39. The maximum Gasteiger partial charge on any atom is 0.376 e. The van der Waals surface area contributed by atoms with E-state index in [1.54, 1.807) is 17.2 Å². The van der Waals surface area contributed by atoms with Gasteiger partial charge in [-0.25, -0.2) is 24.5 Å². The predicted octanol–water partition coefficient (Wildman–Crippen LogP) is 1.60. The van der Waals surface area contributed by atoms with Gasteiger partial charge in [-0.3, -0.25) is 10.2 Å². The van der Waals surface area contributed by atoms with E-state index in [9.17, 15) is 9.59 Å². The second-order valence-corrected chi connectivity index (χ2v) is 8.92. The van der Waals surface area contributed by atoms with Gasteiger partial charge in [0.1, 0.15) is 12.7 Å². The Balaban J connectivity index is 1.33. The van der Waals surface area contributed by atoms with Crippen LogP contribution in [-0.2, 0) is 14.2 Å². The molecule has 0 saturated carbocycles. The van der Waals surface area contributed by atoms with Crippen molar-refractivity contribution in [2.24, 2.45) is 0 Å². The SMILES string of the molecule is COC(=O)c1ncc2c(n1)N(C(=O)Nc1nccc(OC[C@H]3COC(C)(C)O3)n1)[C@H]1CCCN2C1. The lowest BCUT2D eigenvalue weighted by molar-refractivity contribution is -0.141. The summed E-state index contributed by atoms with van der Waals surface area (Å²) < 4.78 is 21.7. The van der Waals surface area contributed by atoms with E-state index in [1.807, 2.05) is 13.8 Å². The Morgan fingerprint density at radius 3 is 2.91 bits per heavy atom. The summed E-state index contributed by atoms with van der Waals surface area (Å²) in [7, 11) is 1.26. The Bertz CT molecular complexity index is 1130. The van der Waals surface area contributed by atoms with E-state index in [1.165, 1.54) is 13.3 Å². The molecular formula is C22H27N7O6. The minimum atomic E-state index is -0.674. The number of hydrogen-bond donors (Lipinski definition) is 1. The van der Waals surface area contributed by atoms with Crippen molar-refractivity contribution in [2.45, 2.75) is 44.6 Å². The predicted molar refractivity (Wildman–Crippen MR) is 123 cm³/mol. The molecule has 35 heavy (non-hydrogen) atoms. The quantitative estimate of drug-likeness (QED) is 0.617. The van der Waals surface area contributed by atoms with Crippen LogP contribution in [0.25, 0.3) is 0 Å². The summed E-state index contributed by atoms with van der Waals surface area (Å²) in [5, 5.41) is 2.73. The number of carbonyl (C=O) groups excluding carboxylic acids is 2. The molecular weight excluding hydrogens is 458 g/mol. The molecule has 2 amide bonds. The molecule has 2 saturated heterocycles. The number of rotatable bonds is 5. The summed E-state index contributed by atoms with van der Waals surface area (Å²) in [5.41, 5.74) is 0.684.